The van der Waals surface area contributed by atoms with Gasteiger partial charge in [0.15, 0.2) is 0 Å². The number of carboxylic acid groups (broad SMARTS) is 2. The number of Topliss-reactive ketones (excluding diaryl/α,β-unsaturated/α-hetero) is 1. The van der Waals surface area contributed by atoms with Crippen LogP contribution in [0.5, 0.6) is 0 Å². The molecule has 0 saturated carbocycles. The van der Waals surface area contributed by atoms with Crippen LogP contribution in [-0.2, 0) is 28.8 Å². The van der Waals surface area contributed by atoms with Crippen molar-refractivity contribution in [3.63, 3.8) is 0 Å². The van der Waals surface area contributed by atoms with E-state index >= 15 is 0 Å². The number of amides is 4. The Morgan fingerprint density at radius 1 is 0.776 bits per heavy atom. The molecular formula is C36H59BN10O11. The van der Waals surface area contributed by atoms with Crippen LogP contribution in [0.2, 0.25) is 0 Å². The van der Waals surface area contributed by atoms with E-state index < -0.39 is 42.9 Å². The monoisotopic (exact) mass is 818 g/mol. The smallest absolute Gasteiger partial charge is 0.475 e. The summed E-state index contributed by atoms with van der Waals surface area (Å²) >= 11 is 0. The fourth-order valence-corrected chi connectivity index (χ4v) is 6.75. The van der Waals surface area contributed by atoms with Gasteiger partial charge in [0, 0.05) is 78.1 Å². The minimum atomic E-state index is -1.65. The molecule has 322 valence electrons. The molecule has 2 atom stereocenters. The van der Waals surface area contributed by atoms with Crippen LogP contribution < -0.4 is 21.5 Å². The predicted molar refractivity (Wildman–Crippen MR) is 211 cm³/mol. The number of ketones is 1. The van der Waals surface area contributed by atoms with Gasteiger partial charge in [-0.2, -0.15) is 0 Å². The number of carbonyl (C=O) groups excluding carboxylic acids is 5. The first kappa shape index (κ1) is 47.6. The Labute approximate surface area is 338 Å². The van der Waals surface area contributed by atoms with E-state index in [4.69, 9.17) is 0 Å². The van der Waals surface area contributed by atoms with Crippen molar-refractivity contribution in [2.75, 3.05) is 97.1 Å². The van der Waals surface area contributed by atoms with Gasteiger partial charge in [-0.3, -0.25) is 64.0 Å². The first-order valence-electron chi connectivity index (χ1n) is 19.7. The zero-order valence-electron chi connectivity index (χ0n) is 33.4. The van der Waals surface area contributed by atoms with Crippen LogP contribution in [0.3, 0.4) is 0 Å². The lowest BCUT2D eigenvalue weighted by Gasteiger charge is -2.33. The molecule has 0 unspecified atom stereocenters. The molecular weight excluding hydrogens is 759 g/mol. The second kappa shape index (κ2) is 24.9. The molecule has 58 heavy (non-hydrogen) atoms. The Morgan fingerprint density at radius 3 is 1.86 bits per heavy atom. The van der Waals surface area contributed by atoms with Crippen LogP contribution in [0.25, 0.3) is 0 Å². The highest BCUT2D eigenvalue weighted by atomic mass is 16.4. The molecule has 3 rings (SSSR count). The number of hydrazine groups is 1. The number of aliphatic carboxylic acids is 2. The zero-order valence-corrected chi connectivity index (χ0v) is 33.4. The number of carbonyl (C=O) groups is 7. The number of rotatable bonds is 20. The van der Waals surface area contributed by atoms with E-state index in [1.54, 1.807) is 9.80 Å². The number of unbranched alkanes of at least 4 members (excludes halogenated alkanes) is 2. The first-order valence-corrected chi connectivity index (χ1v) is 19.7. The van der Waals surface area contributed by atoms with Gasteiger partial charge in [-0.15, -0.1) is 0 Å². The van der Waals surface area contributed by atoms with E-state index in [-0.39, 0.29) is 61.6 Å². The third kappa shape index (κ3) is 17.8. The maximum absolute atomic E-state index is 12.9. The Kier molecular flexibility index (Phi) is 20.5. The fraction of sp³-hybridized carbons (Fsp3) is 0.667. The number of aromatic nitrogens is 1. The average molecular weight is 819 g/mol. The van der Waals surface area contributed by atoms with Crippen molar-refractivity contribution >= 4 is 54.3 Å². The van der Waals surface area contributed by atoms with Gasteiger partial charge >= 0.3 is 19.1 Å². The maximum atomic E-state index is 12.9. The minimum Gasteiger partial charge on any atom is -0.480 e. The van der Waals surface area contributed by atoms with Crippen molar-refractivity contribution in [1.82, 2.24) is 45.5 Å². The highest BCUT2D eigenvalue weighted by molar-refractivity contribution is 6.43. The number of carboxylic acids is 2. The average Bonchev–Trinajstić information content (AvgIpc) is 3.66. The molecule has 2 aliphatic heterocycles. The van der Waals surface area contributed by atoms with E-state index in [2.05, 4.69) is 26.5 Å². The van der Waals surface area contributed by atoms with Crippen LogP contribution in [-0.4, -0.2) is 202 Å². The standard InChI is InChI=1S/C36H59BN10O11/c1-26(48)22-43-13-15-44(16-18-46(25-34(53)54)20-19-45(17-14-43)24-33(51)52)23-32(50)38-11-5-3-4-8-31(49)42-41-30-10-9-28(21-39-30)35(55)40-27(2)36(56)47-12-6-7-29(47)37(57)58/h9-10,21,27,29,57-58H,3-8,11-20,22-25H2,1-2H3,(H,38,50)(H,39,41)(H,40,55)(H,42,49)(H,51,52)(H,53,54)/t27-,29+/m1/s1. The lowest BCUT2D eigenvalue weighted by molar-refractivity contribution is -0.140. The molecule has 4 amide bonds. The normalized spacial score (nSPS) is 18.3. The number of hydrogen-bond donors (Lipinski definition) is 8. The fourth-order valence-electron chi connectivity index (χ4n) is 6.75. The van der Waals surface area contributed by atoms with E-state index in [0.29, 0.717) is 97.6 Å². The predicted octanol–water partition coefficient (Wildman–Crippen LogP) is -2.70. The van der Waals surface area contributed by atoms with E-state index in [1.165, 1.54) is 37.1 Å². The molecule has 21 nitrogen and oxygen atoms in total. The highest BCUT2D eigenvalue weighted by Crippen LogP contribution is 2.19. The van der Waals surface area contributed by atoms with Gasteiger partial charge in [-0.05, 0) is 51.7 Å². The van der Waals surface area contributed by atoms with Crippen molar-refractivity contribution in [3.8, 4) is 0 Å². The summed E-state index contributed by atoms with van der Waals surface area (Å²) in [5, 5.41) is 43.4. The Balaban J connectivity index is 1.36. The summed E-state index contributed by atoms with van der Waals surface area (Å²) in [5.41, 5.74) is 5.44. The molecule has 0 spiro atoms. The summed E-state index contributed by atoms with van der Waals surface area (Å²) in [6.45, 7) is 6.78. The van der Waals surface area contributed by atoms with Crippen molar-refractivity contribution in [2.45, 2.75) is 64.4 Å². The number of likely N-dealkylation sites (tertiary alicyclic amines) is 1. The molecule has 2 saturated heterocycles. The Morgan fingerprint density at radius 2 is 1.34 bits per heavy atom. The van der Waals surface area contributed by atoms with Gasteiger partial charge in [0.05, 0.1) is 37.7 Å². The molecule has 2 fully saturated rings. The summed E-state index contributed by atoms with van der Waals surface area (Å²) in [6, 6.07) is 2.08. The van der Waals surface area contributed by atoms with Gasteiger partial charge < -0.3 is 35.8 Å². The van der Waals surface area contributed by atoms with E-state index in [1.807, 2.05) is 9.80 Å². The van der Waals surface area contributed by atoms with Crippen molar-refractivity contribution in [1.29, 1.82) is 0 Å². The molecule has 0 aliphatic carbocycles. The number of nitrogens with zero attached hydrogens (tertiary/aromatic N) is 6. The zero-order chi connectivity index (χ0) is 42.6. The van der Waals surface area contributed by atoms with Crippen LogP contribution in [0, 0.1) is 0 Å². The lowest BCUT2D eigenvalue weighted by Crippen LogP contribution is -2.52. The molecule has 1 aromatic rings. The second-order valence-corrected chi connectivity index (χ2v) is 14.7. The number of pyridine rings is 1. The second-order valence-electron chi connectivity index (χ2n) is 14.7. The maximum Gasteiger partial charge on any atom is 0.475 e. The highest BCUT2D eigenvalue weighted by Gasteiger charge is 2.38. The lowest BCUT2D eigenvalue weighted by atomic mass is 9.78. The molecule has 0 bridgehead atoms. The van der Waals surface area contributed by atoms with Gasteiger partial charge in [0.1, 0.15) is 17.6 Å². The van der Waals surface area contributed by atoms with Crippen LogP contribution in [0.1, 0.15) is 62.7 Å². The van der Waals surface area contributed by atoms with E-state index in [9.17, 15) is 53.8 Å². The summed E-state index contributed by atoms with van der Waals surface area (Å²) in [4.78, 5) is 98.4. The molecule has 22 heteroatoms. The molecule has 2 aliphatic rings. The van der Waals surface area contributed by atoms with Crippen molar-refractivity contribution in [2.24, 2.45) is 0 Å². The molecule has 0 aromatic carbocycles. The third-order valence-corrected chi connectivity index (χ3v) is 9.86. The minimum absolute atomic E-state index is 0.0319. The largest absolute Gasteiger partial charge is 0.480 e. The Hall–Kier alpha value is -4.74. The SMILES string of the molecule is CC(=O)CN1CCN(CC(=O)O)CCN(CC(=O)O)CCN(CC(=O)NCCCCCC(=O)NNc2ccc(C(=O)N[C@H](C)C(=O)N3CCC[C@H]3B(O)O)cn2)CC1. The molecule has 3 heterocycles. The van der Waals surface area contributed by atoms with Crippen molar-refractivity contribution < 1.29 is 53.8 Å². The molecule has 8 N–H and O–H groups in total. The van der Waals surface area contributed by atoms with E-state index in [0.717, 1.165) is 0 Å². The quantitative estimate of drug-likeness (QED) is 0.0378. The summed E-state index contributed by atoms with van der Waals surface area (Å²) < 4.78 is 0. The summed E-state index contributed by atoms with van der Waals surface area (Å²) in [6.07, 6.45) is 4.47. The van der Waals surface area contributed by atoms with Crippen molar-refractivity contribution in [3.05, 3.63) is 23.9 Å². The summed E-state index contributed by atoms with van der Waals surface area (Å²) in [7, 11) is -1.65. The van der Waals surface area contributed by atoms with Crippen LogP contribution in [0.15, 0.2) is 18.3 Å². The topological polar surface area (TPSA) is 278 Å². The van der Waals surface area contributed by atoms with Gasteiger partial charge in [0.2, 0.25) is 17.7 Å². The van der Waals surface area contributed by atoms with Crippen LogP contribution >= 0.6 is 0 Å². The van der Waals surface area contributed by atoms with Gasteiger partial charge in [-0.1, -0.05) is 6.42 Å². The van der Waals surface area contributed by atoms with Crippen LogP contribution in [0.4, 0.5) is 5.82 Å². The number of hydrogen-bond acceptors (Lipinski definition) is 15. The number of nitrogens with one attached hydrogen (secondary N) is 4. The number of anilines is 1. The van der Waals surface area contributed by atoms with Gasteiger partial charge in [0.25, 0.3) is 5.91 Å². The van der Waals surface area contributed by atoms with Gasteiger partial charge in [-0.25, -0.2) is 4.98 Å². The molecule has 1 aromatic heterocycles. The third-order valence-electron chi connectivity index (χ3n) is 9.86. The first-order chi connectivity index (χ1) is 27.6. The Bertz CT molecular complexity index is 1510. The molecule has 0 radical (unpaired) electrons. The summed E-state index contributed by atoms with van der Waals surface area (Å²) in [5.74, 6) is -3.89.